The third kappa shape index (κ3) is 2.30. The molecule has 132 valence electrons. The van der Waals surface area contributed by atoms with E-state index in [0.717, 1.165) is 23.5 Å². The zero-order chi connectivity index (χ0) is 17.9. The highest BCUT2D eigenvalue weighted by Crippen LogP contribution is 2.43. The van der Waals surface area contributed by atoms with Gasteiger partial charge in [0.25, 0.3) is 0 Å². The largest absolute Gasteiger partial charge is 0.358 e. The van der Waals surface area contributed by atoms with E-state index in [1.807, 2.05) is 4.57 Å². The van der Waals surface area contributed by atoms with Gasteiger partial charge in [0.15, 0.2) is 5.95 Å². The number of fused-ring (bicyclic) bond motifs is 3. The minimum absolute atomic E-state index is 0.165. The van der Waals surface area contributed by atoms with E-state index < -0.39 is 0 Å². The summed E-state index contributed by atoms with van der Waals surface area (Å²) in [7, 11) is 2.08. The van der Waals surface area contributed by atoms with Gasteiger partial charge in [-0.25, -0.2) is 0 Å². The van der Waals surface area contributed by atoms with Gasteiger partial charge in [-0.2, -0.15) is 4.39 Å². The molecule has 0 spiro atoms. The fraction of sp³-hybridized carbons (Fsp3) is 0.429. The number of anilines is 1. The molecule has 3 nitrogen and oxygen atoms in total. The molecule has 25 heavy (non-hydrogen) atoms. The molecule has 0 aliphatic carbocycles. The molecule has 2 aliphatic heterocycles. The lowest BCUT2D eigenvalue weighted by molar-refractivity contribution is 0.366. The summed E-state index contributed by atoms with van der Waals surface area (Å²) in [5, 5.41) is 0. The van der Waals surface area contributed by atoms with E-state index in [4.69, 9.17) is 0 Å². The number of likely N-dealkylation sites (N-methyl/N-ethyl adjacent to an activating group) is 1. The predicted molar refractivity (Wildman–Crippen MR) is 101 cm³/mol. The van der Waals surface area contributed by atoms with E-state index in [0.29, 0.717) is 11.8 Å². The molecule has 0 N–H and O–H groups in total. The third-order valence-electron chi connectivity index (χ3n) is 5.47. The van der Waals surface area contributed by atoms with Gasteiger partial charge >= 0.3 is 0 Å². The molecule has 0 saturated heterocycles. The molecule has 0 amide bonds. The van der Waals surface area contributed by atoms with Crippen LogP contribution in [0.15, 0.2) is 36.7 Å². The minimum Gasteiger partial charge on any atom is -0.358 e. The molecule has 1 aromatic heterocycles. The van der Waals surface area contributed by atoms with Crippen molar-refractivity contribution in [3.8, 4) is 5.69 Å². The van der Waals surface area contributed by atoms with Crippen molar-refractivity contribution in [1.29, 1.82) is 0 Å². The fourth-order valence-electron chi connectivity index (χ4n) is 4.15. The molecule has 2 aliphatic rings. The lowest BCUT2D eigenvalue weighted by Gasteiger charge is -2.27. The highest BCUT2D eigenvalue weighted by molar-refractivity contribution is 5.66. The molecule has 0 saturated carbocycles. The Balaban J connectivity index is 1.98. The van der Waals surface area contributed by atoms with E-state index in [1.54, 1.807) is 6.07 Å². The first-order valence-electron chi connectivity index (χ1n) is 9.12. The molecule has 1 unspecified atom stereocenters. The average Bonchev–Trinajstić information content (AvgIpc) is 3.17. The van der Waals surface area contributed by atoms with Crippen LogP contribution in [0, 0.1) is 5.95 Å². The van der Waals surface area contributed by atoms with Gasteiger partial charge < -0.3 is 9.80 Å². The summed E-state index contributed by atoms with van der Waals surface area (Å²) >= 11 is 0. The minimum atomic E-state index is -0.165. The zero-order valence-corrected chi connectivity index (χ0v) is 15.6. The van der Waals surface area contributed by atoms with Crippen LogP contribution in [0.5, 0.6) is 0 Å². The highest BCUT2D eigenvalue weighted by atomic mass is 19.1. The van der Waals surface area contributed by atoms with E-state index >= 15 is 4.39 Å². The molecular weight excluding hydrogens is 313 g/mol. The van der Waals surface area contributed by atoms with Gasteiger partial charge in [0.1, 0.15) is 12.0 Å². The van der Waals surface area contributed by atoms with E-state index in [1.165, 1.54) is 11.1 Å². The summed E-state index contributed by atoms with van der Waals surface area (Å²) < 4.78 is 17.0. The van der Waals surface area contributed by atoms with Crippen LogP contribution in [0.2, 0.25) is 0 Å². The van der Waals surface area contributed by atoms with Crippen molar-refractivity contribution < 1.29 is 4.39 Å². The van der Waals surface area contributed by atoms with Crippen molar-refractivity contribution in [3.63, 3.8) is 0 Å². The Morgan fingerprint density at radius 1 is 1.04 bits per heavy atom. The molecule has 3 heterocycles. The molecule has 0 bridgehead atoms. The second-order valence-electron chi connectivity index (χ2n) is 7.80. The lowest BCUT2D eigenvalue weighted by atomic mass is 9.92. The smallest absolute Gasteiger partial charge is 0.200 e. The van der Waals surface area contributed by atoms with Crippen LogP contribution in [-0.2, 0) is 6.42 Å². The van der Waals surface area contributed by atoms with Crippen molar-refractivity contribution in [2.75, 3.05) is 11.9 Å². The number of halogens is 1. The standard InChI is InChI=1S/C21H26FN3/c1-13(2)16-7-6-8-17(14(3)4)20(16)25-18(22)11-15-12-19-23(5)9-10-24(19)21(15)25/h6-11,13-14,19H,12H2,1-5H3. The van der Waals surface area contributed by atoms with Crippen LogP contribution >= 0.6 is 0 Å². The summed E-state index contributed by atoms with van der Waals surface area (Å²) in [6, 6.07) is 8.09. The molecule has 1 atom stereocenters. The Bertz CT molecular complexity index is 821. The second kappa shape index (κ2) is 5.65. The van der Waals surface area contributed by atoms with Crippen molar-refractivity contribution >= 4 is 5.82 Å². The summed E-state index contributed by atoms with van der Waals surface area (Å²) in [6.07, 6.45) is 5.26. The first kappa shape index (κ1) is 16.2. The first-order chi connectivity index (χ1) is 11.9. The Kier molecular flexibility index (Phi) is 3.67. The molecule has 4 rings (SSSR count). The number of hydrogen-bond donors (Lipinski definition) is 0. The fourth-order valence-corrected chi connectivity index (χ4v) is 4.15. The third-order valence-corrected chi connectivity index (χ3v) is 5.47. The Hall–Kier alpha value is -2.23. The van der Waals surface area contributed by atoms with Crippen LogP contribution in [0.4, 0.5) is 10.2 Å². The van der Waals surface area contributed by atoms with Crippen LogP contribution in [-0.4, -0.2) is 22.7 Å². The predicted octanol–water partition coefficient (Wildman–Crippen LogP) is 4.97. The molecule has 0 fully saturated rings. The quantitative estimate of drug-likeness (QED) is 0.782. The summed E-state index contributed by atoms with van der Waals surface area (Å²) in [6.45, 7) is 8.71. The number of aromatic nitrogens is 1. The van der Waals surface area contributed by atoms with Gasteiger partial charge in [0.05, 0.1) is 5.69 Å². The van der Waals surface area contributed by atoms with E-state index in [2.05, 4.69) is 75.1 Å². The molecular formula is C21H26FN3. The molecule has 2 aromatic rings. The van der Waals surface area contributed by atoms with Crippen LogP contribution < -0.4 is 4.90 Å². The number of hydrogen-bond acceptors (Lipinski definition) is 2. The highest BCUT2D eigenvalue weighted by Gasteiger charge is 2.38. The van der Waals surface area contributed by atoms with Gasteiger partial charge in [0, 0.05) is 31.4 Å². The Labute approximate surface area is 149 Å². The van der Waals surface area contributed by atoms with Gasteiger partial charge in [-0.3, -0.25) is 4.57 Å². The normalized spacial score (nSPS) is 18.6. The maximum Gasteiger partial charge on any atom is 0.200 e. The van der Waals surface area contributed by atoms with Crippen molar-refractivity contribution in [2.24, 2.45) is 0 Å². The maximum absolute atomic E-state index is 15.1. The summed E-state index contributed by atoms with van der Waals surface area (Å²) in [5.41, 5.74) is 4.51. The van der Waals surface area contributed by atoms with E-state index in [9.17, 15) is 0 Å². The van der Waals surface area contributed by atoms with Gasteiger partial charge in [-0.1, -0.05) is 45.9 Å². The van der Waals surface area contributed by atoms with Gasteiger partial charge in [-0.15, -0.1) is 0 Å². The van der Waals surface area contributed by atoms with Crippen LogP contribution in [0.1, 0.15) is 56.2 Å². The maximum atomic E-state index is 15.1. The first-order valence-corrected chi connectivity index (χ1v) is 9.12. The SMILES string of the molecule is CC(C)c1cccc(C(C)C)c1-n1c(F)cc2c1N1C=CN(C)C1C2. The van der Waals surface area contributed by atoms with Crippen LogP contribution in [0.25, 0.3) is 5.69 Å². The Morgan fingerprint density at radius 3 is 2.28 bits per heavy atom. The molecule has 0 radical (unpaired) electrons. The zero-order valence-electron chi connectivity index (χ0n) is 15.6. The Morgan fingerprint density at radius 2 is 1.68 bits per heavy atom. The number of benzene rings is 1. The van der Waals surface area contributed by atoms with Crippen molar-refractivity contribution in [1.82, 2.24) is 9.47 Å². The number of rotatable bonds is 3. The van der Waals surface area contributed by atoms with Crippen molar-refractivity contribution in [2.45, 2.75) is 52.1 Å². The molecule has 4 heteroatoms. The van der Waals surface area contributed by atoms with Gasteiger partial charge in [-0.05, 0) is 29.0 Å². The summed E-state index contributed by atoms with van der Waals surface area (Å²) in [4.78, 5) is 4.40. The average molecular weight is 339 g/mol. The second-order valence-corrected chi connectivity index (χ2v) is 7.80. The van der Waals surface area contributed by atoms with E-state index in [-0.39, 0.29) is 12.1 Å². The molecule has 1 aromatic carbocycles. The monoisotopic (exact) mass is 339 g/mol. The van der Waals surface area contributed by atoms with Gasteiger partial charge in [0.2, 0.25) is 0 Å². The summed E-state index contributed by atoms with van der Waals surface area (Å²) in [5.74, 6) is 1.49. The van der Waals surface area contributed by atoms with Crippen LogP contribution in [0.3, 0.4) is 0 Å². The lowest BCUT2D eigenvalue weighted by Crippen LogP contribution is -2.34. The van der Waals surface area contributed by atoms with Crippen molar-refractivity contribution in [3.05, 3.63) is 59.3 Å². The topological polar surface area (TPSA) is 11.4 Å². The number of para-hydroxylation sites is 1. The number of nitrogens with zero attached hydrogens (tertiary/aromatic N) is 3.